The van der Waals surface area contributed by atoms with Gasteiger partial charge in [-0.25, -0.2) is 0 Å². The molecule has 33 heavy (non-hydrogen) atoms. The minimum absolute atomic E-state index is 0.124. The predicted octanol–water partition coefficient (Wildman–Crippen LogP) is 6.54. The number of aryl methyl sites for hydroxylation is 1. The van der Waals surface area contributed by atoms with Crippen LogP contribution in [0.25, 0.3) is 22.0 Å². The van der Waals surface area contributed by atoms with E-state index in [1.807, 2.05) is 48.7 Å². The maximum Gasteiger partial charge on any atom is 0.416 e. The molecule has 3 aromatic carbocycles. The third-order valence-electron chi connectivity index (χ3n) is 5.43. The van der Waals surface area contributed by atoms with E-state index in [1.165, 1.54) is 19.2 Å². The monoisotopic (exact) mass is 453 g/mol. The van der Waals surface area contributed by atoms with Gasteiger partial charge >= 0.3 is 12.1 Å². The number of aromatic nitrogens is 1. The van der Waals surface area contributed by atoms with E-state index in [4.69, 9.17) is 9.47 Å². The smallest absolute Gasteiger partial charge is 0.416 e. The highest BCUT2D eigenvalue weighted by molar-refractivity contribution is 5.86. The summed E-state index contributed by atoms with van der Waals surface area (Å²) in [6, 6.07) is 18.6. The molecule has 7 heteroatoms. The van der Waals surface area contributed by atoms with E-state index in [0.29, 0.717) is 17.7 Å². The SMILES string of the molecule is COC(=O)CCc1ccc(OCc2ccc(C(F)(F)F)cc2)c(-c2ccc3[nH]ccc3c2)c1. The number of H-pyrrole nitrogens is 1. The average Bonchev–Trinajstić information content (AvgIpc) is 3.29. The highest BCUT2D eigenvalue weighted by Crippen LogP contribution is 2.34. The van der Waals surface area contributed by atoms with Gasteiger partial charge in [0.25, 0.3) is 0 Å². The maximum atomic E-state index is 12.8. The third kappa shape index (κ3) is 5.37. The summed E-state index contributed by atoms with van der Waals surface area (Å²) in [7, 11) is 1.36. The van der Waals surface area contributed by atoms with Crippen LogP contribution >= 0.6 is 0 Å². The average molecular weight is 453 g/mol. The van der Waals surface area contributed by atoms with Crippen LogP contribution in [0.15, 0.2) is 72.9 Å². The molecule has 1 heterocycles. The molecule has 0 aliphatic heterocycles. The van der Waals surface area contributed by atoms with Gasteiger partial charge in [0.2, 0.25) is 0 Å². The summed E-state index contributed by atoms with van der Waals surface area (Å²) in [6.45, 7) is 0.124. The number of fused-ring (bicyclic) bond motifs is 1. The number of alkyl halides is 3. The molecule has 0 saturated heterocycles. The van der Waals surface area contributed by atoms with Gasteiger partial charge in [0.15, 0.2) is 0 Å². The number of rotatable bonds is 7. The fourth-order valence-electron chi connectivity index (χ4n) is 3.60. The van der Waals surface area contributed by atoms with Crippen molar-refractivity contribution in [3.05, 3.63) is 89.6 Å². The van der Waals surface area contributed by atoms with E-state index >= 15 is 0 Å². The quantitative estimate of drug-likeness (QED) is 0.323. The van der Waals surface area contributed by atoms with E-state index in [0.717, 1.165) is 39.7 Å². The van der Waals surface area contributed by atoms with E-state index in [-0.39, 0.29) is 19.0 Å². The number of aromatic amines is 1. The highest BCUT2D eigenvalue weighted by atomic mass is 19.4. The summed E-state index contributed by atoms with van der Waals surface area (Å²) in [4.78, 5) is 14.7. The fourth-order valence-corrected chi connectivity index (χ4v) is 3.60. The maximum absolute atomic E-state index is 12.8. The minimum Gasteiger partial charge on any atom is -0.488 e. The van der Waals surface area contributed by atoms with Gasteiger partial charge in [-0.1, -0.05) is 24.3 Å². The number of halogens is 3. The van der Waals surface area contributed by atoms with E-state index in [1.54, 1.807) is 0 Å². The van der Waals surface area contributed by atoms with Crippen molar-refractivity contribution in [2.24, 2.45) is 0 Å². The molecule has 4 aromatic rings. The van der Waals surface area contributed by atoms with Crippen molar-refractivity contribution in [1.29, 1.82) is 0 Å². The molecule has 170 valence electrons. The topological polar surface area (TPSA) is 51.3 Å². The second-order valence-electron chi connectivity index (χ2n) is 7.67. The third-order valence-corrected chi connectivity index (χ3v) is 5.43. The van der Waals surface area contributed by atoms with Crippen LogP contribution in [0.5, 0.6) is 5.75 Å². The first kappa shape index (κ1) is 22.5. The van der Waals surface area contributed by atoms with Gasteiger partial charge in [-0.05, 0) is 71.0 Å². The summed E-state index contributed by atoms with van der Waals surface area (Å²) >= 11 is 0. The number of esters is 1. The number of ether oxygens (including phenoxy) is 2. The lowest BCUT2D eigenvalue weighted by Gasteiger charge is -2.15. The molecule has 0 spiro atoms. The van der Waals surface area contributed by atoms with Crippen molar-refractivity contribution in [3.8, 4) is 16.9 Å². The first-order valence-electron chi connectivity index (χ1n) is 10.4. The van der Waals surface area contributed by atoms with Crippen molar-refractivity contribution >= 4 is 16.9 Å². The Hall–Kier alpha value is -3.74. The molecule has 4 rings (SSSR count). The zero-order valence-electron chi connectivity index (χ0n) is 17.9. The van der Waals surface area contributed by atoms with Gasteiger partial charge in [-0.2, -0.15) is 13.2 Å². The van der Waals surface area contributed by atoms with Gasteiger partial charge in [0.1, 0.15) is 12.4 Å². The molecule has 0 amide bonds. The molecule has 0 radical (unpaired) electrons. The van der Waals surface area contributed by atoms with E-state index in [9.17, 15) is 18.0 Å². The minimum atomic E-state index is -4.37. The number of hydrogen-bond acceptors (Lipinski definition) is 3. The molecule has 0 atom stereocenters. The highest BCUT2D eigenvalue weighted by Gasteiger charge is 2.29. The van der Waals surface area contributed by atoms with Crippen molar-refractivity contribution in [2.45, 2.75) is 25.6 Å². The lowest BCUT2D eigenvalue weighted by atomic mass is 9.98. The number of nitrogens with one attached hydrogen (secondary N) is 1. The van der Waals surface area contributed by atoms with Crippen molar-refractivity contribution in [3.63, 3.8) is 0 Å². The Labute approximate surface area is 189 Å². The van der Waals surface area contributed by atoms with Crippen LogP contribution < -0.4 is 4.74 Å². The molecule has 0 aliphatic carbocycles. The molecule has 0 bridgehead atoms. The summed E-state index contributed by atoms with van der Waals surface area (Å²) in [5.41, 5.74) is 3.67. The van der Waals surface area contributed by atoms with Crippen molar-refractivity contribution in [1.82, 2.24) is 4.98 Å². The molecule has 0 fully saturated rings. The van der Waals surface area contributed by atoms with Crippen LogP contribution in [0.2, 0.25) is 0 Å². The lowest BCUT2D eigenvalue weighted by molar-refractivity contribution is -0.140. The van der Waals surface area contributed by atoms with E-state index in [2.05, 4.69) is 4.98 Å². The Bertz CT molecular complexity index is 1260. The molecule has 0 aliphatic rings. The number of hydrogen-bond donors (Lipinski definition) is 1. The molecule has 0 saturated carbocycles. The second kappa shape index (κ2) is 9.40. The number of carbonyl (C=O) groups is 1. The summed E-state index contributed by atoms with van der Waals surface area (Å²) in [5.74, 6) is 0.319. The normalized spacial score (nSPS) is 11.5. The van der Waals surface area contributed by atoms with Crippen LogP contribution in [-0.4, -0.2) is 18.1 Å². The Balaban J connectivity index is 1.61. The van der Waals surface area contributed by atoms with Gasteiger partial charge < -0.3 is 14.5 Å². The van der Waals surface area contributed by atoms with Gasteiger partial charge in [-0.3, -0.25) is 4.79 Å². The standard InChI is InChI=1S/C26H22F3NO3/c1-32-25(31)11-5-17-4-10-24(33-16-18-2-7-21(8-3-18)26(27,28)29)22(14-17)19-6-9-23-20(15-19)12-13-30-23/h2-4,6-10,12-15,30H,5,11,16H2,1H3. The molecule has 4 nitrogen and oxygen atoms in total. The van der Waals surface area contributed by atoms with Gasteiger partial charge in [-0.15, -0.1) is 0 Å². The molecule has 1 aromatic heterocycles. The first-order valence-corrected chi connectivity index (χ1v) is 10.4. The molecular formula is C26H22F3NO3. The fraction of sp³-hybridized carbons (Fsp3) is 0.192. The number of methoxy groups -OCH3 is 1. The largest absolute Gasteiger partial charge is 0.488 e. The number of carbonyl (C=O) groups excluding carboxylic acids is 1. The summed E-state index contributed by atoms with van der Waals surface area (Å²) < 4.78 is 49.2. The van der Waals surface area contributed by atoms with E-state index < -0.39 is 11.7 Å². The van der Waals surface area contributed by atoms with Crippen LogP contribution in [0.3, 0.4) is 0 Å². The van der Waals surface area contributed by atoms with Gasteiger partial charge in [0.05, 0.1) is 12.7 Å². The lowest BCUT2D eigenvalue weighted by Crippen LogP contribution is -2.05. The molecular weight excluding hydrogens is 431 g/mol. The van der Waals surface area contributed by atoms with Crippen LogP contribution in [0.4, 0.5) is 13.2 Å². The van der Waals surface area contributed by atoms with Crippen LogP contribution in [0.1, 0.15) is 23.1 Å². The Morgan fingerprint density at radius 2 is 1.70 bits per heavy atom. The summed E-state index contributed by atoms with van der Waals surface area (Å²) in [6.07, 6.45) is -1.73. The van der Waals surface area contributed by atoms with Gasteiger partial charge in [0, 0.05) is 23.7 Å². The Morgan fingerprint density at radius 3 is 2.42 bits per heavy atom. The van der Waals surface area contributed by atoms with Crippen LogP contribution in [-0.2, 0) is 28.7 Å². The predicted molar refractivity (Wildman–Crippen MR) is 120 cm³/mol. The Kier molecular flexibility index (Phi) is 6.40. The summed E-state index contributed by atoms with van der Waals surface area (Å²) in [5, 5.41) is 1.04. The van der Waals surface area contributed by atoms with Crippen LogP contribution in [0, 0.1) is 0 Å². The van der Waals surface area contributed by atoms with Crippen molar-refractivity contribution < 1.29 is 27.4 Å². The zero-order chi connectivity index (χ0) is 23.4. The molecule has 0 unspecified atom stereocenters. The van der Waals surface area contributed by atoms with Crippen molar-refractivity contribution in [2.75, 3.05) is 7.11 Å². The number of benzene rings is 3. The second-order valence-corrected chi connectivity index (χ2v) is 7.67. The first-order chi connectivity index (χ1) is 15.8. The Morgan fingerprint density at radius 1 is 0.939 bits per heavy atom. The zero-order valence-corrected chi connectivity index (χ0v) is 17.9. The molecule has 1 N–H and O–H groups in total.